The van der Waals surface area contributed by atoms with Crippen LogP contribution in [0.4, 0.5) is 10.5 Å². The number of benzene rings is 1. The number of ether oxygens (including phenoxy) is 1. The molecule has 7 nitrogen and oxygen atoms in total. The molecule has 0 fully saturated rings. The summed E-state index contributed by atoms with van der Waals surface area (Å²) in [6.07, 6.45) is 0.0824. The molecule has 0 saturated heterocycles. The van der Waals surface area contributed by atoms with Crippen LogP contribution in [0.3, 0.4) is 0 Å². The fraction of sp³-hybridized carbons (Fsp3) is 0.267. The molecule has 2 aromatic rings. The lowest BCUT2D eigenvalue weighted by Crippen LogP contribution is -2.30. The molecule has 1 heterocycles. The van der Waals surface area contributed by atoms with E-state index in [-0.39, 0.29) is 25.6 Å². The van der Waals surface area contributed by atoms with Gasteiger partial charge in [0, 0.05) is 18.3 Å². The van der Waals surface area contributed by atoms with Crippen LogP contribution in [0.25, 0.3) is 0 Å². The van der Waals surface area contributed by atoms with Crippen molar-refractivity contribution in [2.24, 2.45) is 0 Å². The standard InChI is InChI=1S/C15H17N3O4/c1-11-9-13(18-22-11)10-21-14(19)7-8-16-15(20)17-12-5-3-2-4-6-12/h2-6,9H,7-8,10H2,1H3,(H2,16,17,20). The Kier molecular flexibility index (Phi) is 5.53. The van der Waals surface area contributed by atoms with Gasteiger partial charge in [0.05, 0.1) is 6.42 Å². The number of carbonyl (C=O) groups excluding carboxylic acids is 2. The molecule has 7 heteroatoms. The van der Waals surface area contributed by atoms with Gasteiger partial charge in [0.1, 0.15) is 18.1 Å². The second-order valence-corrected chi connectivity index (χ2v) is 4.59. The maximum absolute atomic E-state index is 11.6. The predicted octanol–water partition coefficient (Wildman–Crippen LogP) is 2.24. The minimum atomic E-state index is -0.416. The van der Waals surface area contributed by atoms with Gasteiger partial charge in [0.2, 0.25) is 0 Å². The van der Waals surface area contributed by atoms with Gasteiger partial charge in [-0.3, -0.25) is 4.79 Å². The third-order valence-corrected chi connectivity index (χ3v) is 2.70. The predicted molar refractivity (Wildman–Crippen MR) is 79.1 cm³/mol. The number of nitrogens with zero attached hydrogens (tertiary/aromatic N) is 1. The molecule has 0 bridgehead atoms. The maximum Gasteiger partial charge on any atom is 0.319 e. The molecule has 0 saturated carbocycles. The Morgan fingerprint density at radius 1 is 1.27 bits per heavy atom. The first-order chi connectivity index (χ1) is 10.6. The van der Waals surface area contributed by atoms with Crippen molar-refractivity contribution in [3.63, 3.8) is 0 Å². The Balaban J connectivity index is 1.61. The molecule has 0 unspecified atom stereocenters. The molecule has 0 radical (unpaired) electrons. The smallest absolute Gasteiger partial charge is 0.319 e. The molecular weight excluding hydrogens is 286 g/mol. The molecule has 22 heavy (non-hydrogen) atoms. The number of nitrogens with one attached hydrogen (secondary N) is 2. The molecule has 0 spiro atoms. The molecule has 2 amide bonds. The lowest BCUT2D eigenvalue weighted by molar-refractivity contribution is -0.144. The van der Waals surface area contributed by atoms with Gasteiger partial charge in [-0.1, -0.05) is 23.4 Å². The SMILES string of the molecule is Cc1cc(COC(=O)CCNC(=O)Nc2ccccc2)no1. The van der Waals surface area contributed by atoms with Crippen LogP contribution in [-0.4, -0.2) is 23.7 Å². The normalized spacial score (nSPS) is 10.0. The summed E-state index contributed by atoms with van der Waals surface area (Å²) in [7, 11) is 0. The van der Waals surface area contributed by atoms with Crippen molar-refractivity contribution >= 4 is 17.7 Å². The van der Waals surface area contributed by atoms with E-state index in [9.17, 15) is 9.59 Å². The van der Waals surface area contributed by atoms with E-state index in [4.69, 9.17) is 9.26 Å². The molecule has 0 aliphatic rings. The molecule has 0 aliphatic carbocycles. The van der Waals surface area contributed by atoms with Gasteiger partial charge in [-0.25, -0.2) is 4.79 Å². The number of hydrogen-bond donors (Lipinski definition) is 2. The third kappa shape index (κ3) is 5.28. The average molecular weight is 303 g/mol. The first-order valence-electron chi connectivity index (χ1n) is 6.81. The Labute approximate surface area is 127 Å². The van der Waals surface area contributed by atoms with Gasteiger partial charge in [-0.2, -0.15) is 0 Å². The van der Waals surface area contributed by atoms with Crippen molar-refractivity contribution < 1.29 is 18.8 Å². The van der Waals surface area contributed by atoms with E-state index >= 15 is 0 Å². The topological polar surface area (TPSA) is 93.5 Å². The summed E-state index contributed by atoms with van der Waals surface area (Å²) in [5.74, 6) is 0.242. The minimum absolute atomic E-state index is 0.0619. The summed E-state index contributed by atoms with van der Waals surface area (Å²) >= 11 is 0. The number of aryl methyl sites for hydroxylation is 1. The molecule has 2 N–H and O–H groups in total. The van der Waals surface area contributed by atoms with Crippen molar-refractivity contribution in [3.05, 3.63) is 47.9 Å². The lowest BCUT2D eigenvalue weighted by Gasteiger charge is -2.07. The number of amides is 2. The summed E-state index contributed by atoms with van der Waals surface area (Å²) in [6.45, 7) is 2.01. The first-order valence-corrected chi connectivity index (χ1v) is 6.81. The summed E-state index contributed by atoms with van der Waals surface area (Å²) in [4.78, 5) is 23.1. The highest BCUT2D eigenvalue weighted by Crippen LogP contribution is 2.05. The highest BCUT2D eigenvalue weighted by molar-refractivity contribution is 5.89. The zero-order valence-electron chi connectivity index (χ0n) is 12.2. The second kappa shape index (κ2) is 7.82. The number of hydrogen-bond acceptors (Lipinski definition) is 5. The van der Waals surface area contributed by atoms with Crippen LogP contribution < -0.4 is 10.6 Å². The van der Waals surface area contributed by atoms with Crippen molar-refractivity contribution in [2.45, 2.75) is 20.0 Å². The fourth-order valence-electron chi connectivity index (χ4n) is 1.69. The number of para-hydroxylation sites is 1. The monoisotopic (exact) mass is 303 g/mol. The Morgan fingerprint density at radius 2 is 2.05 bits per heavy atom. The maximum atomic E-state index is 11.6. The largest absolute Gasteiger partial charge is 0.459 e. The zero-order chi connectivity index (χ0) is 15.8. The van der Waals surface area contributed by atoms with E-state index < -0.39 is 5.97 Å². The highest BCUT2D eigenvalue weighted by Gasteiger charge is 2.07. The van der Waals surface area contributed by atoms with Gasteiger partial charge in [0.25, 0.3) is 0 Å². The minimum Gasteiger partial charge on any atom is -0.459 e. The molecule has 0 atom stereocenters. The number of urea groups is 1. The Morgan fingerprint density at radius 3 is 2.73 bits per heavy atom. The molecule has 0 aliphatic heterocycles. The van der Waals surface area contributed by atoms with E-state index in [1.54, 1.807) is 25.1 Å². The van der Waals surface area contributed by atoms with Crippen LogP contribution in [0.15, 0.2) is 40.9 Å². The van der Waals surface area contributed by atoms with Crippen LogP contribution in [0.2, 0.25) is 0 Å². The van der Waals surface area contributed by atoms with E-state index in [0.717, 1.165) is 0 Å². The lowest BCUT2D eigenvalue weighted by atomic mass is 10.3. The van der Waals surface area contributed by atoms with E-state index in [2.05, 4.69) is 15.8 Å². The zero-order valence-corrected chi connectivity index (χ0v) is 12.2. The molecule has 1 aromatic heterocycles. The molecule has 116 valence electrons. The van der Waals surface area contributed by atoms with E-state index in [0.29, 0.717) is 17.1 Å². The fourth-order valence-corrected chi connectivity index (χ4v) is 1.69. The average Bonchev–Trinajstić information content (AvgIpc) is 2.92. The molecule has 1 aromatic carbocycles. The van der Waals surface area contributed by atoms with Gasteiger partial charge in [0.15, 0.2) is 0 Å². The molecule has 2 rings (SSSR count). The first kappa shape index (κ1) is 15.6. The second-order valence-electron chi connectivity index (χ2n) is 4.59. The number of carbonyl (C=O) groups is 2. The van der Waals surface area contributed by atoms with Gasteiger partial charge in [-0.15, -0.1) is 0 Å². The number of aromatic nitrogens is 1. The summed E-state index contributed by atoms with van der Waals surface area (Å²) in [5.41, 5.74) is 1.24. The van der Waals surface area contributed by atoms with Crippen LogP contribution in [0, 0.1) is 6.92 Å². The van der Waals surface area contributed by atoms with Gasteiger partial charge < -0.3 is 19.9 Å². The summed E-state index contributed by atoms with van der Waals surface area (Å²) in [6, 6.07) is 10.4. The molecular formula is C15H17N3O4. The van der Waals surface area contributed by atoms with Gasteiger partial charge in [-0.05, 0) is 19.1 Å². The van der Waals surface area contributed by atoms with Crippen molar-refractivity contribution in [3.8, 4) is 0 Å². The summed E-state index contributed by atoms with van der Waals surface area (Å²) < 4.78 is 9.87. The number of anilines is 1. The van der Waals surface area contributed by atoms with Gasteiger partial charge >= 0.3 is 12.0 Å². The van der Waals surface area contributed by atoms with Crippen LogP contribution >= 0.6 is 0 Å². The van der Waals surface area contributed by atoms with Crippen molar-refractivity contribution in [2.75, 3.05) is 11.9 Å². The van der Waals surface area contributed by atoms with Crippen LogP contribution in [-0.2, 0) is 16.1 Å². The quantitative estimate of drug-likeness (QED) is 0.798. The highest BCUT2D eigenvalue weighted by atomic mass is 16.5. The van der Waals surface area contributed by atoms with Crippen LogP contribution in [0.1, 0.15) is 17.9 Å². The number of esters is 1. The van der Waals surface area contributed by atoms with Crippen molar-refractivity contribution in [1.29, 1.82) is 0 Å². The van der Waals surface area contributed by atoms with E-state index in [1.807, 2.05) is 18.2 Å². The number of rotatable bonds is 6. The van der Waals surface area contributed by atoms with Crippen LogP contribution in [0.5, 0.6) is 0 Å². The Hall–Kier alpha value is -2.83. The van der Waals surface area contributed by atoms with E-state index in [1.165, 1.54) is 0 Å². The van der Waals surface area contributed by atoms with Crippen molar-refractivity contribution in [1.82, 2.24) is 10.5 Å². The Bertz CT molecular complexity index is 625. The third-order valence-electron chi connectivity index (χ3n) is 2.70. The summed E-state index contributed by atoms with van der Waals surface area (Å²) in [5, 5.41) is 8.94.